The fraction of sp³-hybridized carbons (Fsp3) is 0.350. The first kappa shape index (κ1) is 18.5. The van der Waals surface area contributed by atoms with Crippen LogP contribution in [0, 0.1) is 6.92 Å². The van der Waals surface area contributed by atoms with E-state index in [1.54, 1.807) is 6.07 Å². The van der Waals surface area contributed by atoms with Gasteiger partial charge in [0.2, 0.25) is 5.91 Å². The summed E-state index contributed by atoms with van der Waals surface area (Å²) in [5.41, 5.74) is 2.78. The lowest BCUT2D eigenvalue weighted by atomic mass is 10.1. The van der Waals surface area contributed by atoms with E-state index < -0.39 is 0 Å². The van der Waals surface area contributed by atoms with Gasteiger partial charge in [0, 0.05) is 17.3 Å². The molecule has 1 heterocycles. The summed E-state index contributed by atoms with van der Waals surface area (Å²) in [5, 5.41) is 3.56. The molecular weight excluding hydrogens is 352 g/mol. The van der Waals surface area contributed by atoms with Crippen molar-refractivity contribution >= 4 is 23.2 Å². The van der Waals surface area contributed by atoms with Gasteiger partial charge in [-0.3, -0.25) is 9.69 Å². The van der Waals surface area contributed by atoms with Crippen LogP contribution in [0.15, 0.2) is 36.4 Å². The number of rotatable bonds is 5. The van der Waals surface area contributed by atoms with E-state index in [-0.39, 0.29) is 11.9 Å². The maximum Gasteiger partial charge on any atom is 0.241 e. The van der Waals surface area contributed by atoms with E-state index in [4.69, 9.17) is 21.1 Å². The van der Waals surface area contributed by atoms with Crippen molar-refractivity contribution in [1.82, 2.24) is 4.90 Å². The molecule has 3 rings (SSSR count). The number of halogens is 1. The van der Waals surface area contributed by atoms with Gasteiger partial charge in [-0.15, -0.1) is 0 Å². The maximum atomic E-state index is 12.6. The van der Waals surface area contributed by atoms with E-state index >= 15 is 0 Å². The summed E-state index contributed by atoms with van der Waals surface area (Å²) in [7, 11) is 1.92. The van der Waals surface area contributed by atoms with Gasteiger partial charge < -0.3 is 14.8 Å². The van der Waals surface area contributed by atoms with Gasteiger partial charge in [0.15, 0.2) is 11.5 Å². The minimum Gasteiger partial charge on any atom is -0.486 e. The molecule has 26 heavy (non-hydrogen) atoms. The Morgan fingerprint density at radius 1 is 1.19 bits per heavy atom. The van der Waals surface area contributed by atoms with E-state index in [2.05, 4.69) is 5.32 Å². The normalized spacial score (nSPS) is 14.2. The molecule has 1 atom stereocenters. The number of nitrogens with one attached hydrogen (secondary N) is 1. The summed E-state index contributed by atoms with van der Waals surface area (Å²) in [6.07, 6.45) is 0. The van der Waals surface area contributed by atoms with Crippen LogP contribution in [0.5, 0.6) is 11.5 Å². The molecule has 0 spiro atoms. The van der Waals surface area contributed by atoms with Crippen molar-refractivity contribution in [2.45, 2.75) is 26.4 Å². The van der Waals surface area contributed by atoms with Crippen LogP contribution in [0.4, 0.5) is 5.69 Å². The highest BCUT2D eigenvalue weighted by molar-refractivity contribution is 6.31. The minimum atomic E-state index is -0.304. The average Bonchev–Trinajstić information content (AvgIpc) is 2.64. The van der Waals surface area contributed by atoms with Crippen LogP contribution in [-0.4, -0.2) is 37.1 Å². The zero-order chi connectivity index (χ0) is 18.7. The van der Waals surface area contributed by atoms with Crippen LogP contribution in [0.25, 0.3) is 0 Å². The SMILES string of the molecule is Cc1ccc(Cl)cc1NC(=O)[C@@H](C)N(C)Cc1ccc2c(c1)OCCO2. The Kier molecular flexibility index (Phi) is 5.69. The van der Waals surface area contributed by atoms with Crippen LogP contribution in [0.1, 0.15) is 18.1 Å². The molecule has 2 aromatic rings. The third kappa shape index (κ3) is 4.29. The number of likely N-dealkylation sites (N-methyl/N-ethyl adjacent to an activating group) is 1. The summed E-state index contributed by atoms with van der Waals surface area (Å²) in [4.78, 5) is 14.6. The number of carbonyl (C=O) groups excluding carboxylic acids is 1. The van der Waals surface area contributed by atoms with E-state index in [0.29, 0.717) is 24.8 Å². The second-order valence-corrected chi connectivity index (χ2v) is 6.95. The van der Waals surface area contributed by atoms with Gasteiger partial charge >= 0.3 is 0 Å². The number of hydrogen-bond donors (Lipinski definition) is 1. The smallest absolute Gasteiger partial charge is 0.241 e. The van der Waals surface area contributed by atoms with Gasteiger partial charge in [-0.2, -0.15) is 0 Å². The Labute approximate surface area is 158 Å². The van der Waals surface area contributed by atoms with Gasteiger partial charge in [-0.1, -0.05) is 23.7 Å². The number of anilines is 1. The van der Waals surface area contributed by atoms with Crippen LogP contribution in [-0.2, 0) is 11.3 Å². The zero-order valence-corrected chi connectivity index (χ0v) is 16.0. The predicted molar refractivity (Wildman–Crippen MR) is 103 cm³/mol. The predicted octanol–water partition coefficient (Wildman–Crippen LogP) is 3.88. The molecule has 0 saturated carbocycles. The zero-order valence-electron chi connectivity index (χ0n) is 15.2. The summed E-state index contributed by atoms with van der Waals surface area (Å²) in [6.45, 7) is 5.58. The number of ether oxygens (including phenoxy) is 2. The first-order chi connectivity index (χ1) is 12.4. The molecular formula is C20H23ClN2O3. The molecule has 0 aromatic heterocycles. The second kappa shape index (κ2) is 7.98. The van der Waals surface area contributed by atoms with Crippen molar-refractivity contribution in [2.24, 2.45) is 0 Å². The molecule has 1 aliphatic rings. The van der Waals surface area contributed by atoms with Gasteiger partial charge in [0.1, 0.15) is 13.2 Å². The van der Waals surface area contributed by atoms with Crippen molar-refractivity contribution in [2.75, 3.05) is 25.6 Å². The van der Waals surface area contributed by atoms with Crippen LogP contribution in [0.2, 0.25) is 5.02 Å². The highest BCUT2D eigenvalue weighted by Gasteiger charge is 2.20. The van der Waals surface area contributed by atoms with Crippen molar-refractivity contribution in [1.29, 1.82) is 0 Å². The molecule has 0 bridgehead atoms. The lowest BCUT2D eigenvalue weighted by Crippen LogP contribution is -2.39. The quantitative estimate of drug-likeness (QED) is 0.862. The number of carbonyl (C=O) groups is 1. The third-order valence-electron chi connectivity index (χ3n) is 4.54. The van der Waals surface area contributed by atoms with Crippen molar-refractivity contribution in [3.63, 3.8) is 0 Å². The molecule has 1 N–H and O–H groups in total. The molecule has 5 nitrogen and oxygen atoms in total. The highest BCUT2D eigenvalue weighted by atomic mass is 35.5. The lowest BCUT2D eigenvalue weighted by Gasteiger charge is -2.25. The second-order valence-electron chi connectivity index (χ2n) is 6.52. The van der Waals surface area contributed by atoms with Crippen LogP contribution in [0.3, 0.4) is 0 Å². The molecule has 0 aliphatic carbocycles. The standard InChI is InChI=1S/C20H23ClN2O3/c1-13-4-6-16(21)11-17(13)22-20(24)14(2)23(3)12-15-5-7-18-19(10-15)26-9-8-25-18/h4-7,10-11,14H,8-9,12H2,1-3H3,(H,22,24)/t14-/m1/s1. The van der Waals surface area contributed by atoms with E-state index in [0.717, 1.165) is 28.3 Å². The van der Waals surface area contributed by atoms with Crippen molar-refractivity contribution < 1.29 is 14.3 Å². The summed E-state index contributed by atoms with van der Waals surface area (Å²) >= 11 is 6.02. The minimum absolute atomic E-state index is 0.0737. The fourth-order valence-electron chi connectivity index (χ4n) is 2.78. The van der Waals surface area contributed by atoms with Gasteiger partial charge in [-0.25, -0.2) is 0 Å². The van der Waals surface area contributed by atoms with Gasteiger partial charge in [-0.05, 0) is 56.3 Å². The van der Waals surface area contributed by atoms with E-state index in [9.17, 15) is 4.79 Å². The molecule has 0 saturated heterocycles. The summed E-state index contributed by atoms with van der Waals surface area (Å²) in [6, 6.07) is 11.0. The molecule has 0 unspecified atom stereocenters. The Bertz CT molecular complexity index is 810. The molecule has 0 radical (unpaired) electrons. The number of aryl methyl sites for hydroxylation is 1. The molecule has 1 aliphatic heterocycles. The van der Waals surface area contributed by atoms with Crippen LogP contribution >= 0.6 is 11.6 Å². The fourth-order valence-corrected chi connectivity index (χ4v) is 2.95. The molecule has 1 amide bonds. The number of benzene rings is 2. The molecule has 138 valence electrons. The number of fused-ring (bicyclic) bond motifs is 1. The van der Waals surface area contributed by atoms with Gasteiger partial charge in [0.05, 0.1) is 6.04 Å². The average molecular weight is 375 g/mol. The first-order valence-electron chi connectivity index (χ1n) is 8.60. The van der Waals surface area contributed by atoms with E-state index in [1.165, 1.54) is 0 Å². The van der Waals surface area contributed by atoms with Crippen LogP contribution < -0.4 is 14.8 Å². The maximum absolute atomic E-state index is 12.6. The Morgan fingerprint density at radius 2 is 1.92 bits per heavy atom. The number of amides is 1. The van der Waals surface area contributed by atoms with Gasteiger partial charge in [0.25, 0.3) is 0 Å². The number of hydrogen-bond acceptors (Lipinski definition) is 4. The Hall–Kier alpha value is -2.24. The highest BCUT2D eigenvalue weighted by Crippen LogP contribution is 2.31. The Balaban J connectivity index is 1.64. The monoisotopic (exact) mass is 374 g/mol. The number of nitrogens with zero attached hydrogens (tertiary/aromatic N) is 1. The van der Waals surface area contributed by atoms with E-state index in [1.807, 2.05) is 56.1 Å². The summed E-state index contributed by atoms with van der Waals surface area (Å²) < 4.78 is 11.2. The molecule has 0 fully saturated rings. The third-order valence-corrected chi connectivity index (χ3v) is 4.77. The summed E-state index contributed by atoms with van der Waals surface area (Å²) in [5.74, 6) is 1.45. The first-order valence-corrected chi connectivity index (χ1v) is 8.97. The topological polar surface area (TPSA) is 50.8 Å². The largest absolute Gasteiger partial charge is 0.486 e. The lowest BCUT2D eigenvalue weighted by molar-refractivity contribution is -0.120. The molecule has 2 aromatic carbocycles. The van der Waals surface area contributed by atoms with Crippen molar-refractivity contribution in [3.8, 4) is 11.5 Å². The molecule has 6 heteroatoms. The Morgan fingerprint density at radius 3 is 2.69 bits per heavy atom. The van der Waals surface area contributed by atoms with Crippen molar-refractivity contribution in [3.05, 3.63) is 52.5 Å².